The molecule has 5 nitrogen and oxygen atoms in total. The minimum atomic E-state index is -0.852. The molecule has 0 bridgehead atoms. The van der Waals surface area contributed by atoms with Crippen LogP contribution in [-0.2, 0) is 9.53 Å². The van der Waals surface area contributed by atoms with Crippen LogP contribution in [0.3, 0.4) is 0 Å². The first-order chi connectivity index (χ1) is 9.41. The number of methoxy groups -OCH3 is 1. The first-order valence-corrected chi connectivity index (χ1v) is 6.70. The van der Waals surface area contributed by atoms with Crippen molar-refractivity contribution in [1.82, 2.24) is 0 Å². The normalized spacial score (nSPS) is 13.3. The van der Waals surface area contributed by atoms with E-state index in [1.807, 2.05) is 6.92 Å². The van der Waals surface area contributed by atoms with Crippen LogP contribution >= 0.6 is 12.2 Å². The third-order valence-electron chi connectivity index (χ3n) is 3.08. The molecule has 1 unspecified atom stereocenters. The van der Waals surface area contributed by atoms with E-state index < -0.39 is 5.60 Å². The monoisotopic (exact) mass is 296 g/mol. The molecule has 0 aliphatic rings. The molecule has 0 fully saturated rings. The zero-order valence-corrected chi connectivity index (χ0v) is 12.8. The molecule has 6 heteroatoms. The number of hydrogen-bond acceptors (Lipinski definition) is 4. The van der Waals surface area contributed by atoms with Crippen LogP contribution in [0.2, 0.25) is 0 Å². The van der Waals surface area contributed by atoms with Crippen LogP contribution in [0.15, 0.2) is 24.3 Å². The van der Waals surface area contributed by atoms with Gasteiger partial charge in [0.25, 0.3) is 5.91 Å². The fourth-order valence-corrected chi connectivity index (χ4v) is 1.54. The number of thiocarbonyl (C=S) groups is 1. The predicted octanol–water partition coefficient (Wildman–Crippen LogP) is 2.11. The quantitative estimate of drug-likeness (QED) is 0.754. The van der Waals surface area contributed by atoms with Crippen molar-refractivity contribution >= 4 is 28.8 Å². The molecule has 1 aromatic carbocycles. The Balaban J connectivity index is 2.75. The summed E-state index contributed by atoms with van der Waals surface area (Å²) in [6.45, 7) is 3.80. The second kappa shape index (κ2) is 7.21. The van der Waals surface area contributed by atoms with Crippen LogP contribution in [-0.4, -0.2) is 30.2 Å². The van der Waals surface area contributed by atoms with Gasteiger partial charge in [0.2, 0.25) is 0 Å². The second-order valence-corrected chi connectivity index (χ2v) is 5.05. The van der Waals surface area contributed by atoms with E-state index in [1.54, 1.807) is 31.2 Å². The first-order valence-electron chi connectivity index (χ1n) is 6.29. The van der Waals surface area contributed by atoms with Gasteiger partial charge in [-0.15, -0.1) is 0 Å². The zero-order valence-electron chi connectivity index (χ0n) is 11.9. The second-order valence-electron chi connectivity index (χ2n) is 4.53. The number of benzene rings is 1. The summed E-state index contributed by atoms with van der Waals surface area (Å²) in [5, 5.41) is 2.80. The highest BCUT2D eigenvalue weighted by atomic mass is 32.1. The lowest BCUT2D eigenvalue weighted by Gasteiger charge is -2.25. The van der Waals surface area contributed by atoms with E-state index in [9.17, 15) is 4.79 Å². The average Bonchev–Trinajstić information content (AvgIpc) is 2.44. The Morgan fingerprint density at radius 1 is 1.50 bits per heavy atom. The highest BCUT2D eigenvalue weighted by molar-refractivity contribution is 7.80. The molecule has 0 saturated heterocycles. The maximum atomic E-state index is 12.2. The molecule has 0 heterocycles. The molecule has 0 spiro atoms. The van der Waals surface area contributed by atoms with Gasteiger partial charge in [-0.1, -0.05) is 25.2 Å². The minimum absolute atomic E-state index is 0.164. The topological polar surface area (TPSA) is 73.6 Å². The van der Waals surface area contributed by atoms with Crippen LogP contribution in [0.1, 0.15) is 20.3 Å². The fourth-order valence-electron chi connectivity index (χ4n) is 1.48. The molecule has 1 aromatic rings. The summed E-state index contributed by atoms with van der Waals surface area (Å²) in [6.07, 6.45) is 0.576. The summed E-state index contributed by atoms with van der Waals surface area (Å²) in [5.41, 5.74) is 5.15. The van der Waals surface area contributed by atoms with Crippen molar-refractivity contribution in [1.29, 1.82) is 0 Å². The van der Waals surface area contributed by atoms with Crippen molar-refractivity contribution < 1.29 is 14.3 Å². The molecule has 20 heavy (non-hydrogen) atoms. The van der Waals surface area contributed by atoms with Gasteiger partial charge in [-0.25, -0.2) is 0 Å². The van der Waals surface area contributed by atoms with Crippen LogP contribution in [0.25, 0.3) is 0 Å². The van der Waals surface area contributed by atoms with Gasteiger partial charge in [0.05, 0.1) is 0 Å². The van der Waals surface area contributed by atoms with Crippen LogP contribution in [0, 0.1) is 0 Å². The van der Waals surface area contributed by atoms with Crippen molar-refractivity contribution in [3.63, 3.8) is 0 Å². The lowest BCUT2D eigenvalue weighted by Crippen LogP contribution is -2.41. The van der Waals surface area contributed by atoms with Gasteiger partial charge in [0.15, 0.2) is 0 Å². The molecule has 1 rings (SSSR count). The Bertz CT molecular complexity index is 487. The van der Waals surface area contributed by atoms with Crippen molar-refractivity contribution in [2.24, 2.45) is 5.73 Å². The summed E-state index contributed by atoms with van der Waals surface area (Å²) in [6, 6.07) is 7.03. The molecule has 1 amide bonds. The largest absolute Gasteiger partial charge is 0.486 e. The summed E-state index contributed by atoms with van der Waals surface area (Å²) in [7, 11) is 1.52. The SMILES string of the molecule is CCC(C)(OC)C(=O)Nc1cccc(OCC(N)=S)c1. The lowest BCUT2D eigenvalue weighted by atomic mass is 10.0. The molecule has 110 valence electrons. The van der Waals surface area contributed by atoms with E-state index in [2.05, 4.69) is 5.32 Å². The van der Waals surface area contributed by atoms with Gasteiger partial charge >= 0.3 is 0 Å². The van der Waals surface area contributed by atoms with E-state index in [4.69, 9.17) is 27.4 Å². The molecule has 0 aliphatic carbocycles. The number of hydrogen-bond donors (Lipinski definition) is 2. The Morgan fingerprint density at radius 3 is 2.75 bits per heavy atom. The fraction of sp³-hybridized carbons (Fsp3) is 0.429. The van der Waals surface area contributed by atoms with Crippen molar-refractivity contribution in [3.8, 4) is 5.75 Å². The Labute approximate surface area is 124 Å². The Morgan fingerprint density at radius 2 is 2.20 bits per heavy atom. The Kier molecular flexibility index (Phi) is 5.91. The van der Waals surface area contributed by atoms with E-state index in [0.29, 0.717) is 17.9 Å². The molecule has 0 aliphatic heterocycles. The molecule has 1 atom stereocenters. The van der Waals surface area contributed by atoms with Gasteiger partial charge in [-0.2, -0.15) is 0 Å². The molecular weight excluding hydrogens is 276 g/mol. The number of nitrogens with two attached hydrogens (primary N) is 1. The van der Waals surface area contributed by atoms with Gasteiger partial charge in [0.1, 0.15) is 22.9 Å². The summed E-state index contributed by atoms with van der Waals surface area (Å²) < 4.78 is 10.6. The minimum Gasteiger partial charge on any atom is -0.486 e. The molecule has 0 radical (unpaired) electrons. The predicted molar refractivity (Wildman–Crippen MR) is 83.1 cm³/mol. The lowest BCUT2D eigenvalue weighted by molar-refractivity contribution is -0.136. The van der Waals surface area contributed by atoms with Crippen molar-refractivity contribution in [2.45, 2.75) is 25.9 Å². The van der Waals surface area contributed by atoms with Crippen LogP contribution < -0.4 is 15.8 Å². The number of ether oxygens (including phenoxy) is 2. The van der Waals surface area contributed by atoms with E-state index in [1.165, 1.54) is 7.11 Å². The van der Waals surface area contributed by atoms with Gasteiger partial charge < -0.3 is 20.5 Å². The van der Waals surface area contributed by atoms with Crippen molar-refractivity contribution in [2.75, 3.05) is 19.0 Å². The maximum Gasteiger partial charge on any atom is 0.256 e. The smallest absolute Gasteiger partial charge is 0.256 e. The summed E-state index contributed by atoms with van der Waals surface area (Å²) in [5.74, 6) is 0.389. The third-order valence-corrected chi connectivity index (χ3v) is 3.20. The molecule has 3 N–H and O–H groups in total. The van der Waals surface area contributed by atoms with E-state index >= 15 is 0 Å². The summed E-state index contributed by atoms with van der Waals surface area (Å²) in [4.78, 5) is 12.4. The van der Waals surface area contributed by atoms with E-state index in [0.717, 1.165) is 0 Å². The number of rotatable bonds is 7. The number of carbonyl (C=O) groups is 1. The molecule has 0 aromatic heterocycles. The Hall–Kier alpha value is -1.66. The van der Waals surface area contributed by atoms with E-state index in [-0.39, 0.29) is 17.5 Å². The first kappa shape index (κ1) is 16.4. The van der Waals surface area contributed by atoms with Gasteiger partial charge in [0, 0.05) is 18.9 Å². The van der Waals surface area contributed by atoms with Crippen molar-refractivity contribution in [3.05, 3.63) is 24.3 Å². The number of nitrogens with one attached hydrogen (secondary N) is 1. The molecule has 0 saturated carbocycles. The standard InChI is InChI=1S/C14H20N2O3S/c1-4-14(2,18-3)13(17)16-10-6-5-7-11(8-10)19-9-12(15)20/h5-8H,4,9H2,1-3H3,(H2,15,20)(H,16,17). The molecular formula is C14H20N2O3S. The maximum absolute atomic E-state index is 12.2. The zero-order chi connectivity index (χ0) is 15.2. The highest BCUT2D eigenvalue weighted by Gasteiger charge is 2.30. The third kappa shape index (κ3) is 4.47. The number of carbonyl (C=O) groups excluding carboxylic acids is 1. The van der Waals surface area contributed by atoms with Crippen LogP contribution in [0.4, 0.5) is 5.69 Å². The van der Waals surface area contributed by atoms with Gasteiger partial charge in [-0.3, -0.25) is 4.79 Å². The van der Waals surface area contributed by atoms with Gasteiger partial charge in [-0.05, 0) is 25.5 Å². The van der Waals surface area contributed by atoms with Crippen LogP contribution in [0.5, 0.6) is 5.75 Å². The number of anilines is 1. The number of amides is 1. The average molecular weight is 296 g/mol. The summed E-state index contributed by atoms with van der Waals surface area (Å²) >= 11 is 4.74. The highest BCUT2D eigenvalue weighted by Crippen LogP contribution is 2.21.